The number of nitrogens with one attached hydrogen (secondary N) is 1. The van der Waals surface area contributed by atoms with Crippen LogP contribution in [0.5, 0.6) is 5.88 Å². The van der Waals surface area contributed by atoms with Gasteiger partial charge in [0, 0.05) is 32.6 Å². The first-order chi connectivity index (χ1) is 8.90. The van der Waals surface area contributed by atoms with E-state index in [0.29, 0.717) is 19.1 Å². The molecule has 1 N–H and O–H groups in total. The summed E-state index contributed by atoms with van der Waals surface area (Å²) in [7, 11) is 3.54. The highest BCUT2D eigenvalue weighted by atomic mass is 16.5. The fraction of sp³-hybridized carbons (Fsp3) is 0.714. The first-order valence-electron chi connectivity index (χ1n) is 6.58. The minimum absolute atomic E-state index is 0.107. The van der Waals surface area contributed by atoms with Crippen molar-refractivity contribution in [1.82, 2.24) is 9.97 Å². The molecule has 0 aliphatic carbocycles. The fourth-order valence-corrected chi connectivity index (χ4v) is 1.59. The molecule has 0 amide bonds. The number of hydrogen-bond acceptors (Lipinski definition) is 5. The van der Waals surface area contributed by atoms with Gasteiger partial charge in [0.1, 0.15) is 11.6 Å². The maximum absolute atomic E-state index is 5.75. The lowest BCUT2D eigenvalue weighted by Crippen LogP contribution is -2.19. The Kier molecular flexibility index (Phi) is 5.54. The van der Waals surface area contributed by atoms with Gasteiger partial charge in [0.05, 0.1) is 12.2 Å². The van der Waals surface area contributed by atoms with E-state index in [9.17, 15) is 0 Å². The van der Waals surface area contributed by atoms with Crippen molar-refractivity contribution in [3.8, 4) is 5.88 Å². The third kappa shape index (κ3) is 4.35. The standard InChI is InChI=1S/C14H25N3O2/c1-10-11(15-5)16-13(14(2,3)4)17-12(10)19-9-7-8-18-6/h7-9H2,1-6H3,(H,15,16,17). The Morgan fingerprint density at radius 1 is 1.16 bits per heavy atom. The Hall–Kier alpha value is -1.36. The average molecular weight is 267 g/mol. The number of anilines is 1. The normalized spacial score (nSPS) is 11.5. The van der Waals surface area contributed by atoms with Gasteiger partial charge < -0.3 is 14.8 Å². The van der Waals surface area contributed by atoms with Crippen LogP contribution in [0.2, 0.25) is 0 Å². The van der Waals surface area contributed by atoms with Gasteiger partial charge in [0.25, 0.3) is 0 Å². The number of ether oxygens (including phenoxy) is 2. The summed E-state index contributed by atoms with van der Waals surface area (Å²) < 4.78 is 10.8. The first kappa shape index (κ1) is 15.7. The van der Waals surface area contributed by atoms with Crippen molar-refractivity contribution in [3.63, 3.8) is 0 Å². The van der Waals surface area contributed by atoms with Gasteiger partial charge in [0.15, 0.2) is 0 Å². The van der Waals surface area contributed by atoms with E-state index in [1.54, 1.807) is 7.11 Å². The molecule has 0 aromatic carbocycles. The maximum Gasteiger partial charge on any atom is 0.221 e. The van der Waals surface area contributed by atoms with Gasteiger partial charge in [-0.15, -0.1) is 0 Å². The molecule has 0 aliphatic rings. The van der Waals surface area contributed by atoms with Gasteiger partial charge >= 0.3 is 0 Å². The lowest BCUT2D eigenvalue weighted by atomic mass is 9.95. The number of methoxy groups -OCH3 is 1. The second-order valence-electron chi connectivity index (χ2n) is 5.52. The van der Waals surface area contributed by atoms with Crippen LogP contribution in [0.15, 0.2) is 0 Å². The topological polar surface area (TPSA) is 56.3 Å². The van der Waals surface area contributed by atoms with Crippen molar-refractivity contribution in [2.75, 3.05) is 32.7 Å². The van der Waals surface area contributed by atoms with Crippen molar-refractivity contribution < 1.29 is 9.47 Å². The number of hydrogen-bond donors (Lipinski definition) is 1. The molecule has 0 aliphatic heterocycles. The van der Waals surface area contributed by atoms with Gasteiger partial charge in [-0.05, 0) is 6.92 Å². The van der Waals surface area contributed by atoms with E-state index < -0.39 is 0 Å². The molecular formula is C14H25N3O2. The molecule has 0 unspecified atom stereocenters. The second kappa shape index (κ2) is 6.70. The fourth-order valence-electron chi connectivity index (χ4n) is 1.59. The zero-order chi connectivity index (χ0) is 14.5. The Morgan fingerprint density at radius 3 is 2.37 bits per heavy atom. The van der Waals surface area contributed by atoms with Crippen molar-refractivity contribution in [2.45, 2.75) is 39.5 Å². The Labute approximate surface area is 115 Å². The number of rotatable bonds is 6. The molecule has 0 bridgehead atoms. The van der Waals surface area contributed by atoms with Crippen LogP contribution in [0.1, 0.15) is 38.6 Å². The van der Waals surface area contributed by atoms with E-state index in [-0.39, 0.29) is 5.41 Å². The summed E-state index contributed by atoms with van der Waals surface area (Å²) in [6, 6.07) is 0. The SMILES string of the molecule is CNc1nc(C(C)(C)C)nc(OCCCOC)c1C. The molecule has 19 heavy (non-hydrogen) atoms. The second-order valence-corrected chi connectivity index (χ2v) is 5.52. The summed E-state index contributed by atoms with van der Waals surface area (Å²) >= 11 is 0. The largest absolute Gasteiger partial charge is 0.477 e. The molecule has 108 valence electrons. The van der Waals surface area contributed by atoms with Crippen LogP contribution in [-0.2, 0) is 10.2 Å². The van der Waals surface area contributed by atoms with E-state index in [0.717, 1.165) is 23.6 Å². The molecule has 1 heterocycles. The van der Waals surface area contributed by atoms with Crippen molar-refractivity contribution in [2.24, 2.45) is 0 Å². The molecule has 0 atom stereocenters. The van der Waals surface area contributed by atoms with Crippen LogP contribution in [0.3, 0.4) is 0 Å². The minimum Gasteiger partial charge on any atom is -0.477 e. The summed E-state index contributed by atoms with van der Waals surface area (Å²) in [5.74, 6) is 2.26. The molecule has 5 heteroatoms. The molecule has 0 saturated heterocycles. The zero-order valence-corrected chi connectivity index (χ0v) is 12.8. The highest BCUT2D eigenvalue weighted by molar-refractivity contribution is 5.48. The number of aromatic nitrogens is 2. The molecular weight excluding hydrogens is 242 g/mol. The highest BCUT2D eigenvalue weighted by Gasteiger charge is 2.21. The lowest BCUT2D eigenvalue weighted by molar-refractivity contribution is 0.170. The Balaban J connectivity index is 2.95. The Morgan fingerprint density at radius 2 is 1.84 bits per heavy atom. The third-order valence-electron chi connectivity index (χ3n) is 2.74. The maximum atomic E-state index is 5.75. The first-order valence-corrected chi connectivity index (χ1v) is 6.58. The van der Waals surface area contributed by atoms with E-state index in [4.69, 9.17) is 9.47 Å². The quantitative estimate of drug-likeness (QED) is 0.803. The monoisotopic (exact) mass is 267 g/mol. The van der Waals surface area contributed by atoms with E-state index in [2.05, 4.69) is 36.1 Å². The van der Waals surface area contributed by atoms with Crippen molar-refractivity contribution in [3.05, 3.63) is 11.4 Å². The molecule has 0 spiro atoms. The van der Waals surface area contributed by atoms with E-state index in [1.807, 2.05) is 14.0 Å². The third-order valence-corrected chi connectivity index (χ3v) is 2.74. The zero-order valence-electron chi connectivity index (χ0n) is 12.8. The van der Waals surface area contributed by atoms with Crippen molar-refractivity contribution >= 4 is 5.82 Å². The van der Waals surface area contributed by atoms with E-state index in [1.165, 1.54) is 0 Å². The minimum atomic E-state index is -0.107. The summed E-state index contributed by atoms with van der Waals surface area (Å²) in [6.45, 7) is 9.51. The summed E-state index contributed by atoms with van der Waals surface area (Å²) in [5, 5.41) is 3.09. The van der Waals surface area contributed by atoms with Crippen LogP contribution in [-0.4, -0.2) is 37.3 Å². The molecule has 5 nitrogen and oxygen atoms in total. The predicted molar refractivity (Wildman–Crippen MR) is 77.0 cm³/mol. The molecule has 1 rings (SSSR count). The highest BCUT2D eigenvalue weighted by Crippen LogP contribution is 2.27. The van der Waals surface area contributed by atoms with Gasteiger partial charge in [0.2, 0.25) is 5.88 Å². The van der Waals surface area contributed by atoms with Gasteiger partial charge in [-0.1, -0.05) is 20.8 Å². The van der Waals surface area contributed by atoms with Crippen LogP contribution >= 0.6 is 0 Å². The molecule has 0 radical (unpaired) electrons. The Bertz CT molecular complexity index is 414. The van der Waals surface area contributed by atoms with E-state index >= 15 is 0 Å². The smallest absolute Gasteiger partial charge is 0.221 e. The van der Waals surface area contributed by atoms with Crippen LogP contribution in [0, 0.1) is 6.92 Å². The van der Waals surface area contributed by atoms with Gasteiger partial charge in [-0.2, -0.15) is 4.98 Å². The van der Waals surface area contributed by atoms with Gasteiger partial charge in [-0.25, -0.2) is 4.98 Å². The summed E-state index contributed by atoms with van der Waals surface area (Å²) in [6.07, 6.45) is 0.847. The summed E-state index contributed by atoms with van der Waals surface area (Å²) in [5.41, 5.74) is 0.831. The molecule has 1 aromatic rings. The molecule has 1 aromatic heterocycles. The van der Waals surface area contributed by atoms with Crippen LogP contribution < -0.4 is 10.1 Å². The molecule has 0 saturated carbocycles. The average Bonchev–Trinajstić information content (AvgIpc) is 2.35. The van der Waals surface area contributed by atoms with Crippen LogP contribution in [0.25, 0.3) is 0 Å². The molecule has 0 fully saturated rings. The lowest BCUT2D eigenvalue weighted by Gasteiger charge is -2.20. The van der Waals surface area contributed by atoms with Crippen molar-refractivity contribution in [1.29, 1.82) is 0 Å². The predicted octanol–water partition coefficient (Wildman–Crippen LogP) is 2.54. The van der Waals surface area contributed by atoms with Gasteiger partial charge in [-0.3, -0.25) is 0 Å². The van der Waals surface area contributed by atoms with Crippen LogP contribution in [0.4, 0.5) is 5.82 Å². The summed E-state index contributed by atoms with van der Waals surface area (Å²) in [4.78, 5) is 9.08. The number of nitrogens with zero attached hydrogens (tertiary/aromatic N) is 2.